The van der Waals surface area contributed by atoms with Crippen molar-refractivity contribution < 1.29 is 0 Å². The average Bonchev–Trinajstić information content (AvgIpc) is 2.81. The Morgan fingerprint density at radius 2 is 1.90 bits per heavy atom. The zero-order chi connectivity index (χ0) is 14.8. The minimum atomic E-state index is 0.204. The lowest BCUT2D eigenvalue weighted by Gasteiger charge is -2.20. The first-order chi connectivity index (χ1) is 9.36. The van der Waals surface area contributed by atoms with Gasteiger partial charge in [0.15, 0.2) is 5.13 Å². The van der Waals surface area contributed by atoms with Gasteiger partial charge in [-0.25, -0.2) is 4.98 Å². The minimum Gasteiger partial charge on any atom is -0.375 e. The highest BCUT2D eigenvalue weighted by molar-refractivity contribution is 7.15. The van der Waals surface area contributed by atoms with Crippen molar-refractivity contribution in [1.82, 2.24) is 10.3 Å². The molecule has 1 unspecified atom stereocenters. The van der Waals surface area contributed by atoms with Crippen LogP contribution in [-0.2, 0) is 12.0 Å². The molecule has 1 heterocycles. The molecule has 2 aromatic rings. The van der Waals surface area contributed by atoms with E-state index < -0.39 is 0 Å². The molecule has 108 valence electrons. The van der Waals surface area contributed by atoms with Crippen LogP contribution >= 0.6 is 11.3 Å². The largest absolute Gasteiger partial charge is 0.375 e. The number of hydrogen-bond acceptors (Lipinski definition) is 4. The second-order valence-electron chi connectivity index (χ2n) is 6.14. The van der Waals surface area contributed by atoms with E-state index in [1.165, 1.54) is 27.3 Å². The maximum atomic E-state index is 5.63. The fourth-order valence-electron chi connectivity index (χ4n) is 2.05. The van der Waals surface area contributed by atoms with E-state index in [-0.39, 0.29) is 5.41 Å². The molecular weight excluding hydrogens is 266 g/mol. The Bertz CT molecular complexity index is 552. The van der Waals surface area contributed by atoms with E-state index in [4.69, 9.17) is 5.73 Å². The van der Waals surface area contributed by atoms with Crippen LogP contribution in [0.1, 0.15) is 49.7 Å². The molecule has 1 atom stereocenters. The first-order valence-electron chi connectivity index (χ1n) is 6.90. The Labute approximate surface area is 125 Å². The van der Waals surface area contributed by atoms with Crippen LogP contribution in [0.25, 0.3) is 0 Å². The van der Waals surface area contributed by atoms with Gasteiger partial charge in [-0.2, -0.15) is 0 Å². The Morgan fingerprint density at radius 1 is 1.25 bits per heavy atom. The molecular formula is C16H23N3S. The molecule has 1 aromatic carbocycles. The fourth-order valence-corrected chi connectivity index (χ4v) is 2.68. The maximum Gasteiger partial charge on any atom is 0.180 e. The van der Waals surface area contributed by atoms with Crippen molar-refractivity contribution in [2.75, 3.05) is 5.73 Å². The molecule has 0 spiro atoms. The van der Waals surface area contributed by atoms with Crippen molar-refractivity contribution in [1.29, 1.82) is 0 Å². The third kappa shape index (κ3) is 3.81. The minimum absolute atomic E-state index is 0.204. The fraction of sp³-hybridized carbons (Fsp3) is 0.438. The summed E-state index contributed by atoms with van der Waals surface area (Å²) in [5.74, 6) is 0. The number of nitrogen functional groups attached to an aromatic ring is 1. The molecule has 3 N–H and O–H groups in total. The van der Waals surface area contributed by atoms with Gasteiger partial charge in [-0.1, -0.05) is 45.0 Å². The molecule has 0 saturated carbocycles. The standard InChI is InChI=1S/C16H23N3S/c1-11(18-9-14-10-19-15(17)20-14)12-5-7-13(8-6-12)16(2,3)4/h5-8,10-11,18H,9H2,1-4H3,(H2,17,19). The zero-order valence-corrected chi connectivity index (χ0v) is 13.4. The van der Waals surface area contributed by atoms with E-state index in [9.17, 15) is 0 Å². The second-order valence-corrected chi connectivity index (χ2v) is 7.29. The predicted octanol–water partition coefficient (Wildman–Crippen LogP) is 3.87. The van der Waals surface area contributed by atoms with Gasteiger partial charge in [0.05, 0.1) is 0 Å². The number of nitrogens with two attached hydrogens (primary N) is 1. The Hall–Kier alpha value is -1.39. The third-order valence-corrected chi connectivity index (χ3v) is 4.26. The summed E-state index contributed by atoms with van der Waals surface area (Å²) >= 11 is 1.53. The zero-order valence-electron chi connectivity index (χ0n) is 12.6. The van der Waals surface area contributed by atoms with Crippen molar-refractivity contribution in [3.63, 3.8) is 0 Å². The van der Waals surface area contributed by atoms with Gasteiger partial charge in [0.25, 0.3) is 0 Å². The molecule has 0 fully saturated rings. The molecule has 0 aliphatic heterocycles. The second kappa shape index (κ2) is 5.94. The summed E-state index contributed by atoms with van der Waals surface area (Å²) in [7, 11) is 0. The van der Waals surface area contributed by atoms with Gasteiger partial charge < -0.3 is 11.1 Å². The van der Waals surface area contributed by atoms with E-state index in [1.54, 1.807) is 0 Å². The van der Waals surface area contributed by atoms with Crippen molar-refractivity contribution in [3.8, 4) is 0 Å². The number of anilines is 1. The van der Waals surface area contributed by atoms with Crippen LogP contribution in [0.3, 0.4) is 0 Å². The van der Waals surface area contributed by atoms with Crippen molar-refractivity contribution in [3.05, 3.63) is 46.5 Å². The number of nitrogens with one attached hydrogen (secondary N) is 1. The lowest BCUT2D eigenvalue weighted by Crippen LogP contribution is -2.18. The van der Waals surface area contributed by atoms with Crippen LogP contribution in [0.2, 0.25) is 0 Å². The van der Waals surface area contributed by atoms with E-state index in [0.717, 1.165) is 6.54 Å². The highest BCUT2D eigenvalue weighted by Crippen LogP contribution is 2.24. The van der Waals surface area contributed by atoms with Gasteiger partial charge in [0.2, 0.25) is 0 Å². The normalized spacial score (nSPS) is 13.4. The highest BCUT2D eigenvalue weighted by atomic mass is 32.1. The van der Waals surface area contributed by atoms with Gasteiger partial charge in [-0.05, 0) is 23.5 Å². The van der Waals surface area contributed by atoms with E-state index in [0.29, 0.717) is 11.2 Å². The summed E-state index contributed by atoms with van der Waals surface area (Å²) in [5, 5.41) is 4.13. The lowest BCUT2D eigenvalue weighted by molar-refractivity contribution is 0.572. The van der Waals surface area contributed by atoms with Crippen LogP contribution in [0.5, 0.6) is 0 Å². The summed E-state index contributed by atoms with van der Waals surface area (Å²) in [6.07, 6.45) is 1.84. The van der Waals surface area contributed by atoms with Crippen LogP contribution < -0.4 is 11.1 Å². The molecule has 3 nitrogen and oxygen atoms in total. The molecule has 0 saturated heterocycles. The van der Waals surface area contributed by atoms with Crippen molar-refractivity contribution >= 4 is 16.5 Å². The van der Waals surface area contributed by atoms with Gasteiger partial charge in [0, 0.05) is 23.7 Å². The lowest BCUT2D eigenvalue weighted by atomic mass is 9.86. The first kappa shape index (κ1) is 15.0. The number of thiazole rings is 1. The number of aromatic nitrogens is 1. The predicted molar refractivity (Wildman–Crippen MR) is 86.9 cm³/mol. The molecule has 0 radical (unpaired) electrons. The average molecular weight is 289 g/mol. The van der Waals surface area contributed by atoms with Crippen LogP contribution in [0, 0.1) is 0 Å². The van der Waals surface area contributed by atoms with Crippen LogP contribution in [-0.4, -0.2) is 4.98 Å². The topological polar surface area (TPSA) is 50.9 Å². The van der Waals surface area contributed by atoms with Gasteiger partial charge in [-0.15, -0.1) is 11.3 Å². The number of hydrogen-bond donors (Lipinski definition) is 2. The van der Waals surface area contributed by atoms with Crippen LogP contribution in [0.15, 0.2) is 30.5 Å². The molecule has 1 aromatic heterocycles. The summed E-state index contributed by atoms with van der Waals surface area (Å²) < 4.78 is 0. The Kier molecular flexibility index (Phi) is 4.45. The molecule has 0 aliphatic carbocycles. The van der Waals surface area contributed by atoms with Gasteiger partial charge >= 0.3 is 0 Å². The Balaban J connectivity index is 1.97. The number of nitrogens with zero attached hydrogens (tertiary/aromatic N) is 1. The SMILES string of the molecule is CC(NCc1cnc(N)s1)c1ccc(C(C)(C)C)cc1. The summed E-state index contributed by atoms with van der Waals surface area (Å²) in [6.45, 7) is 9.68. The van der Waals surface area contributed by atoms with E-state index in [2.05, 4.69) is 62.3 Å². The number of benzene rings is 1. The van der Waals surface area contributed by atoms with Gasteiger partial charge in [-0.3, -0.25) is 0 Å². The van der Waals surface area contributed by atoms with Crippen molar-refractivity contribution in [2.24, 2.45) is 0 Å². The van der Waals surface area contributed by atoms with E-state index in [1.807, 2.05) is 6.20 Å². The van der Waals surface area contributed by atoms with Crippen LogP contribution in [0.4, 0.5) is 5.13 Å². The summed E-state index contributed by atoms with van der Waals surface area (Å²) in [5.41, 5.74) is 8.50. The monoisotopic (exact) mass is 289 g/mol. The molecule has 0 amide bonds. The molecule has 20 heavy (non-hydrogen) atoms. The number of rotatable bonds is 4. The Morgan fingerprint density at radius 3 is 2.40 bits per heavy atom. The maximum absolute atomic E-state index is 5.63. The summed E-state index contributed by atoms with van der Waals surface area (Å²) in [4.78, 5) is 5.23. The van der Waals surface area contributed by atoms with Gasteiger partial charge in [0.1, 0.15) is 0 Å². The smallest absolute Gasteiger partial charge is 0.180 e. The van der Waals surface area contributed by atoms with Crippen molar-refractivity contribution in [2.45, 2.75) is 45.7 Å². The quantitative estimate of drug-likeness (QED) is 0.898. The first-order valence-corrected chi connectivity index (χ1v) is 7.72. The third-order valence-electron chi connectivity index (χ3n) is 3.43. The summed E-state index contributed by atoms with van der Waals surface area (Å²) in [6, 6.07) is 9.17. The highest BCUT2D eigenvalue weighted by Gasteiger charge is 2.14. The molecule has 2 rings (SSSR count). The molecule has 0 bridgehead atoms. The molecule has 4 heteroatoms. The molecule has 0 aliphatic rings. The van der Waals surface area contributed by atoms with E-state index >= 15 is 0 Å².